The van der Waals surface area contributed by atoms with Crippen molar-refractivity contribution < 1.29 is 4.79 Å². The molecule has 1 atom stereocenters. The minimum Gasteiger partial charge on any atom is -0.316 e. The van der Waals surface area contributed by atoms with Crippen molar-refractivity contribution in [3.8, 4) is 0 Å². The molecule has 0 spiro atoms. The van der Waals surface area contributed by atoms with Crippen LogP contribution in [0.15, 0.2) is 0 Å². The van der Waals surface area contributed by atoms with Crippen LogP contribution in [0, 0.1) is 11.8 Å². The Bertz CT molecular complexity index is 188. The molecule has 80 valence electrons. The zero-order valence-electron chi connectivity index (χ0n) is 8.93. The number of hydrogen-bond acceptors (Lipinski definition) is 2. The van der Waals surface area contributed by atoms with Gasteiger partial charge in [-0.05, 0) is 25.8 Å². The molecule has 2 heteroatoms. The second kappa shape index (κ2) is 4.92. The molecule has 2 aliphatic rings. The summed E-state index contributed by atoms with van der Waals surface area (Å²) in [5.74, 6) is 1.32. The average Bonchev–Trinajstić information content (AvgIpc) is 2.59. The second-order valence-corrected chi connectivity index (χ2v) is 4.78. The van der Waals surface area contributed by atoms with E-state index in [1.54, 1.807) is 0 Å². The Morgan fingerprint density at radius 1 is 0.929 bits per heavy atom. The molecule has 0 bridgehead atoms. The van der Waals surface area contributed by atoms with Crippen LogP contribution in [-0.2, 0) is 4.79 Å². The monoisotopic (exact) mass is 195 g/mol. The highest BCUT2D eigenvalue weighted by molar-refractivity contribution is 5.83. The normalized spacial score (nSPS) is 30.1. The lowest BCUT2D eigenvalue weighted by Crippen LogP contribution is -2.25. The van der Waals surface area contributed by atoms with Gasteiger partial charge in [-0.15, -0.1) is 0 Å². The Labute approximate surface area is 86.5 Å². The summed E-state index contributed by atoms with van der Waals surface area (Å²) in [5, 5.41) is 3.29. The van der Waals surface area contributed by atoms with E-state index in [9.17, 15) is 4.79 Å². The second-order valence-electron chi connectivity index (χ2n) is 4.78. The quantitative estimate of drug-likeness (QED) is 0.684. The van der Waals surface area contributed by atoms with Crippen LogP contribution in [0.1, 0.15) is 44.9 Å². The third kappa shape index (κ3) is 2.35. The highest BCUT2D eigenvalue weighted by Crippen LogP contribution is 2.27. The van der Waals surface area contributed by atoms with Gasteiger partial charge in [0.2, 0.25) is 0 Å². The van der Waals surface area contributed by atoms with Crippen LogP contribution < -0.4 is 5.32 Å². The molecule has 0 amide bonds. The van der Waals surface area contributed by atoms with E-state index in [0.717, 1.165) is 32.4 Å². The molecule has 1 saturated heterocycles. The standard InChI is InChI=1S/C12H21NO/c14-12(11-7-8-13-9-11)10-5-3-1-2-4-6-10/h10-11,13H,1-9H2. The summed E-state index contributed by atoms with van der Waals surface area (Å²) in [7, 11) is 0. The average molecular weight is 195 g/mol. The van der Waals surface area contributed by atoms with E-state index in [-0.39, 0.29) is 0 Å². The minimum atomic E-state index is 0.345. The lowest BCUT2D eigenvalue weighted by Gasteiger charge is -2.16. The molecule has 0 aromatic heterocycles. The van der Waals surface area contributed by atoms with Crippen molar-refractivity contribution >= 4 is 5.78 Å². The molecular weight excluding hydrogens is 174 g/mol. The largest absolute Gasteiger partial charge is 0.316 e. The first-order valence-corrected chi connectivity index (χ1v) is 6.12. The summed E-state index contributed by atoms with van der Waals surface area (Å²) in [4.78, 5) is 12.1. The first-order chi connectivity index (χ1) is 6.88. The predicted octanol–water partition coefficient (Wildman–Crippen LogP) is 2.14. The molecule has 1 N–H and O–H groups in total. The van der Waals surface area contributed by atoms with E-state index in [1.165, 1.54) is 25.7 Å². The van der Waals surface area contributed by atoms with Gasteiger partial charge in [0.25, 0.3) is 0 Å². The number of Topliss-reactive ketones (excluding diaryl/α,β-unsaturated/α-hetero) is 1. The van der Waals surface area contributed by atoms with Crippen LogP contribution >= 0.6 is 0 Å². The highest BCUT2D eigenvalue weighted by atomic mass is 16.1. The molecule has 2 fully saturated rings. The van der Waals surface area contributed by atoms with Crippen molar-refractivity contribution in [2.75, 3.05) is 13.1 Å². The van der Waals surface area contributed by atoms with Crippen molar-refractivity contribution in [2.45, 2.75) is 44.9 Å². The SMILES string of the molecule is O=C(C1CCCCCC1)C1CCNC1. The molecule has 1 unspecified atom stereocenters. The van der Waals surface area contributed by atoms with Gasteiger partial charge >= 0.3 is 0 Å². The van der Waals surface area contributed by atoms with E-state index in [0.29, 0.717) is 17.6 Å². The molecular formula is C12H21NO. The molecule has 1 aliphatic carbocycles. The molecule has 0 aromatic carbocycles. The van der Waals surface area contributed by atoms with E-state index in [1.807, 2.05) is 0 Å². The summed E-state index contributed by atoms with van der Waals surface area (Å²) >= 11 is 0. The zero-order valence-corrected chi connectivity index (χ0v) is 8.93. The van der Waals surface area contributed by atoms with E-state index in [4.69, 9.17) is 0 Å². The molecule has 0 radical (unpaired) electrons. The summed E-state index contributed by atoms with van der Waals surface area (Å²) in [6, 6.07) is 0. The molecule has 1 saturated carbocycles. The number of ketones is 1. The Hall–Kier alpha value is -0.370. The van der Waals surface area contributed by atoms with Gasteiger partial charge in [0.15, 0.2) is 0 Å². The maximum atomic E-state index is 12.1. The van der Waals surface area contributed by atoms with Gasteiger partial charge < -0.3 is 5.32 Å². The molecule has 2 nitrogen and oxygen atoms in total. The van der Waals surface area contributed by atoms with Gasteiger partial charge in [0.1, 0.15) is 5.78 Å². The van der Waals surface area contributed by atoms with E-state index in [2.05, 4.69) is 5.32 Å². The Balaban J connectivity index is 1.88. The van der Waals surface area contributed by atoms with Crippen molar-refractivity contribution in [3.63, 3.8) is 0 Å². The maximum Gasteiger partial charge on any atom is 0.140 e. The molecule has 0 aromatic rings. The fourth-order valence-electron chi connectivity index (χ4n) is 2.79. The van der Waals surface area contributed by atoms with Gasteiger partial charge in [-0.25, -0.2) is 0 Å². The Morgan fingerprint density at radius 2 is 1.64 bits per heavy atom. The Kier molecular flexibility index (Phi) is 3.57. The van der Waals surface area contributed by atoms with Crippen molar-refractivity contribution in [3.05, 3.63) is 0 Å². The summed E-state index contributed by atoms with van der Waals surface area (Å²) in [6.45, 7) is 1.98. The van der Waals surface area contributed by atoms with Crippen LogP contribution in [0.2, 0.25) is 0 Å². The maximum absolute atomic E-state index is 12.1. The third-order valence-electron chi connectivity index (χ3n) is 3.72. The lowest BCUT2D eigenvalue weighted by atomic mass is 9.87. The van der Waals surface area contributed by atoms with E-state index < -0.39 is 0 Å². The molecule has 2 rings (SSSR count). The van der Waals surface area contributed by atoms with Crippen LogP contribution in [-0.4, -0.2) is 18.9 Å². The van der Waals surface area contributed by atoms with E-state index >= 15 is 0 Å². The smallest absolute Gasteiger partial charge is 0.140 e. The van der Waals surface area contributed by atoms with Gasteiger partial charge in [0.05, 0.1) is 0 Å². The third-order valence-corrected chi connectivity index (χ3v) is 3.72. The van der Waals surface area contributed by atoms with Gasteiger partial charge in [0, 0.05) is 18.4 Å². The fourth-order valence-corrected chi connectivity index (χ4v) is 2.79. The molecule has 1 aliphatic heterocycles. The topological polar surface area (TPSA) is 29.1 Å². The summed E-state index contributed by atoms with van der Waals surface area (Å²) in [6.07, 6.45) is 8.63. The van der Waals surface area contributed by atoms with Crippen LogP contribution in [0.3, 0.4) is 0 Å². The first kappa shape index (κ1) is 10.2. The van der Waals surface area contributed by atoms with Gasteiger partial charge in [-0.2, -0.15) is 0 Å². The van der Waals surface area contributed by atoms with Gasteiger partial charge in [-0.3, -0.25) is 4.79 Å². The van der Waals surface area contributed by atoms with Crippen LogP contribution in [0.4, 0.5) is 0 Å². The van der Waals surface area contributed by atoms with Gasteiger partial charge in [-0.1, -0.05) is 25.7 Å². The lowest BCUT2D eigenvalue weighted by molar-refractivity contribution is -0.126. The van der Waals surface area contributed by atoms with Crippen LogP contribution in [0.25, 0.3) is 0 Å². The highest BCUT2D eigenvalue weighted by Gasteiger charge is 2.29. The van der Waals surface area contributed by atoms with Crippen LogP contribution in [0.5, 0.6) is 0 Å². The number of carbonyl (C=O) groups excluding carboxylic acids is 1. The van der Waals surface area contributed by atoms with Crippen molar-refractivity contribution in [2.24, 2.45) is 11.8 Å². The minimum absolute atomic E-state index is 0.345. The molecule has 1 heterocycles. The molecule has 14 heavy (non-hydrogen) atoms. The predicted molar refractivity (Wildman–Crippen MR) is 57.2 cm³/mol. The van der Waals surface area contributed by atoms with Crippen molar-refractivity contribution in [1.29, 1.82) is 0 Å². The number of hydrogen-bond donors (Lipinski definition) is 1. The summed E-state index contributed by atoms with van der Waals surface area (Å²) in [5.41, 5.74) is 0. The summed E-state index contributed by atoms with van der Waals surface area (Å²) < 4.78 is 0. The first-order valence-electron chi connectivity index (χ1n) is 6.12. The Morgan fingerprint density at radius 3 is 2.21 bits per heavy atom. The fraction of sp³-hybridized carbons (Fsp3) is 0.917. The number of carbonyl (C=O) groups is 1. The number of rotatable bonds is 2. The zero-order chi connectivity index (χ0) is 9.80. The number of nitrogens with one attached hydrogen (secondary N) is 1. The van der Waals surface area contributed by atoms with Crippen molar-refractivity contribution in [1.82, 2.24) is 5.32 Å².